The quantitative estimate of drug-likeness (QED) is 0.818. The lowest BCUT2D eigenvalue weighted by Crippen LogP contribution is -2.23. The zero-order valence-corrected chi connectivity index (χ0v) is 9.49. The van der Waals surface area contributed by atoms with Crippen molar-refractivity contribution < 1.29 is 4.74 Å². The van der Waals surface area contributed by atoms with Crippen LogP contribution in [0.15, 0.2) is 24.3 Å². The van der Waals surface area contributed by atoms with Gasteiger partial charge in [0.15, 0.2) is 0 Å². The maximum absolute atomic E-state index is 6.00. The third kappa shape index (κ3) is 2.51. The first-order chi connectivity index (χ1) is 7.29. The second-order valence-corrected chi connectivity index (χ2v) is 4.30. The van der Waals surface area contributed by atoms with Crippen molar-refractivity contribution >= 4 is 0 Å². The third-order valence-electron chi connectivity index (χ3n) is 3.18. The Kier molecular flexibility index (Phi) is 3.27. The predicted octanol–water partition coefficient (Wildman–Crippen LogP) is 2.51. The molecule has 1 aromatic rings. The molecule has 15 heavy (non-hydrogen) atoms. The van der Waals surface area contributed by atoms with Gasteiger partial charge < -0.3 is 10.1 Å². The lowest BCUT2D eigenvalue weighted by molar-refractivity contribution is 0.205. The Hall–Kier alpha value is -1.02. The molecule has 2 nitrogen and oxygen atoms in total. The van der Waals surface area contributed by atoms with E-state index in [9.17, 15) is 0 Å². The highest BCUT2D eigenvalue weighted by Gasteiger charge is 2.24. The van der Waals surface area contributed by atoms with Crippen LogP contribution >= 0.6 is 0 Å². The molecular formula is C13H19NO. The molecular weight excluding hydrogens is 186 g/mol. The lowest BCUT2D eigenvalue weighted by Gasteiger charge is -2.15. The Balaban J connectivity index is 1.96. The molecule has 82 valence electrons. The van der Waals surface area contributed by atoms with E-state index in [-0.39, 0.29) is 0 Å². The number of rotatable bonds is 3. The first-order valence-electron chi connectivity index (χ1n) is 5.69. The Morgan fingerprint density at radius 1 is 1.27 bits per heavy atom. The molecule has 0 amide bonds. The van der Waals surface area contributed by atoms with E-state index in [0.29, 0.717) is 12.1 Å². The highest BCUT2D eigenvalue weighted by atomic mass is 16.5. The van der Waals surface area contributed by atoms with E-state index in [4.69, 9.17) is 4.74 Å². The molecule has 0 saturated heterocycles. The molecule has 1 aliphatic carbocycles. The first kappa shape index (κ1) is 10.5. The van der Waals surface area contributed by atoms with Crippen molar-refractivity contribution in [1.29, 1.82) is 0 Å². The summed E-state index contributed by atoms with van der Waals surface area (Å²) < 4.78 is 6.00. The molecule has 1 aromatic carbocycles. The van der Waals surface area contributed by atoms with Gasteiger partial charge in [-0.15, -0.1) is 0 Å². The molecule has 2 atom stereocenters. The fourth-order valence-electron chi connectivity index (χ4n) is 2.18. The van der Waals surface area contributed by atoms with Gasteiger partial charge in [-0.3, -0.25) is 0 Å². The second-order valence-electron chi connectivity index (χ2n) is 4.30. The smallest absolute Gasteiger partial charge is 0.122 e. The monoisotopic (exact) mass is 205 g/mol. The van der Waals surface area contributed by atoms with Gasteiger partial charge in [0, 0.05) is 6.04 Å². The highest BCUT2D eigenvalue weighted by Crippen LogP contribution is 2.26. The fourth-order valence-corrected chi connectivity index (χ4v) is 2.18. The van der Waals surface area contributed by atoms with Crippen LogP contribution in [0.3, 0.4) is 0 Å². The lowest BCUT2D eigenvalue weighted by atomic mass is 10.2. The van der Waals surface area contributed by atoms with Gasteiger partial charge in [-0.2, -0.15) is 0 Å². The van der Waals surface area contributed by atoms with Crippen LogP contribution in [-0.2, 0) is 0 Å². The van der Waals surface area contributed by atoms with Crippen LogP contribution in [0.1, 0.15) is 24.8 Å². The maximum atomic E-state index is 6.00. The van der Waals surface area contributed by atoms with Gasteiger partial charge in [0.05, 0.1) is 0 Å². The summed E-state index contributed by atoms with van der Waals surface area (Å²) in [6, 6.07) is 8.88. The largest absolute Gasteiger partial charge is 0.490 e. The van der Waals surface area contributed by atoms with E-state index in [1.807, 2.05) is 19.2 Å². The van der Waals surface area contributed by atoms with Crippen molar-refractivity contribution in [3.05, 3.63) is 29.8 Å². The van der Waals surface area contributed by atoms with Crippen LogP contribution in [0.25, 0.3) is 0 Å². The van der Waals surface area contributed by atoms with Crippen molar-refractivity contribution in [3.63, 3.8) is 0 Å². The molecule has 1 fully saturated rings. The van der Waals surface area contributed by atoms with Crippen LogP contribution in [0.2, 0.25) is 0 Å². The molecule has 0 bridgehead atoms. The molecule has 0 aromatic heterocycles. The van der Waals surface area contributed by atoms with Crippen LogP contribution < -0.4 is 10.1 Å². The van der Waals surface area contributed by atoms with Crippen LogP contribution in [0.5, 0.6) is 5.75 Å². The van der Waals surface area contributed by atoms with E-state index < -0.39 is 0 Å². The summed E-state index contributed by atoms with van der Waals surface area (Å²) in [4.78, 5) is 0. The topological polar surface area (TPSA) is 21.3 Å². The highest BCUT2D eigenvalue weighted by molar-refractivity contribution is 5.32. The second kappa shape index (κ2) is 4.67. The summed E-state index contributed by atoms with van der Waals surface area (Å²) in [6.07, 6.45) is 3.92. The number of benzene rings is 1. The summed E-state index contributed by atoms with van der Waals surface area (Å²) in [5.74, 6) is 1.04. The Bertz CT molecular complexity index is 324. The zero-order valence-electron chi connectivity index (χ0n) is 9.49. The minimum absolute atomic E-state index is 0.392. The number of hydrogen-bond donors (Lipinski definition) is 1. The predicted molar refractivity (Wildman–Crippen MR) is 62.3 cm³/mol. The van der Waals surface area contributed by atoms with Gasteiger partial charge in [0.2, 0.25) is 0 Å². The van der Waals surface area contributed by atoms with Gasteiger partial charge in [-0.1, -0.05) is 18.2 Å². The average Bonchev–Trinajstić information content (AvgIpc) is 2.69. The third-order valence-corrected chi connectivity index (χ3v) is 3.18. The number of nitrogens with one attached hydrogen (secondary N) is 1. The molecule has 1 aliphatic rings. The fraction of sp³-hybridized carbons (Fsp3) is 0.538. The van der Waals surface area contributed by atoms with Crippen molar-refractivity contribution in [1.82, 2.24) is 5.32 Å². The van der Waals surface area contributed by atoms with Gasteiger partial charge in [0.25, 0.3) is 0 Å². The van der Waals surface area contributed by atoms with Gasteiger partial charge in [0.1, 0.15) is 11.9 Å². The number of para-hydroxylation sites is 1. The Labute approximate surface area is 91.6 Å². The summed E-state index contributed by atoms with van der Waals surface area (Å²) in [7, 11) is 2.03. The maximum Gasteiger partial charge on any atom is 0.122 e. The van der Waals surface area contributed by atoms with E-state index in [1.165, 1.54) is 18.4 Å². The van der Waals surface area contributed by atoms with Crippen molar-refractivity contribution in [3.8, 4) is 5.75 Å². The van der Waals surface area contributed by atoms with Crippen LogP contribution in [-0.4, -0.2) is 19.2 Å². The summed E-state index contributed by atoms with van der Waals surface area (Å²) >= 11 is 0. The van der Waals surface area contributed by atoms with E-state index in [0.717, 1.165) is 12.2 Å². The zero-order chi connectivity index (χ0) is 10.7. The molecule has 2 heteroatoms. The van der Waals surface area contributed by atoms with Crippen LogP contribution in [0, 0.1) is 6.92 Å². The van der Waals surface area contributed by atoms with Gasteiger partial charge >= 0.3 is 0 Å². The minimum atomic E-state index is 0.392. The number of hydrogen-bond acceptors (Lipinski definition) is 2. The Morgan fingerprint density at radius 2 is 2.07 bits per heavy atom. The Morgan fingerprint density at radius 3 is 2.73 bits per heavy atom. The SMILES string of the molecule is CNC1CCC(Oc2ccccc2C)C1. The van der Waals surface area contributed by atoms with Gasteiger partial charge in [-0.25, -0.2) is 0 Å². The molecule has 2 unspecified atom stereocenters. The number of ether oxygens (including phenoxy) is 1. The summed E-state index contributed by atoms with van der Waals surface area (Å²) in [6.45, 7) is 2.10. The molecule has 0 aliphatic heterocycles. The molecule has 1 saturated carbocycles. The van der Waals surface area contributed by atoms with E-state index in [1.54, 1.807) is 0 Å². The summed E-state index contributed by atoms with van der Waals surface area (Å²) in [5, 5.41) is 3.31. The first-order valence-corrected chi connectivity index (χ1v) is 5.69. The molecule has 1 N–H and O–H groups in total. The van der Waals surface area contributed by atoms with E-state index >= 15 is 0 Å². The van der Waals surface area contributed by atoms with Crippen molar-refractivity contribution in [2.45, 2.75) is 38.3 Å². The minimum Gasteiger partial charge on any atom is -0.490 e. The molecule has 0 radical (unpaired) electrons. The van der Waals surface area contributed by atoms with E-state index in [2.05, 4.69) is 24.4 Å². The molecule has 0 heterocycles. The molecule has 2 rings (SSSR count). The van der Waals surface area contributed by atoms with Crippen LogP contribution in [0.4, 0.5) is 0 Å². The molecule has 0 spiro atoms. The number of aryl methyl sites for hydroxylation is 1. The standard InChI is InChI=1S/C13H19NO/c1-10-5-3-4-6-13(10)15-12-8-7-11(9-12)14-2/h3-6,11-12,14H,7-9H2,1-2H3. The van der Waals surface area contributed by atoms with Crippen molar-refractivity contribution in [2.75, 3.05) is 7.05 Å². The summed E-state index contributed by atoms with van der Waals surface area (Å²) in [5.41, 5.74) is 1.23. The average molecular weight is 205 g/mol. The van der Waals surface area contributed by atoms with Gasteiger partial charge in [-0.05, 0) is 44.9 Å². The van der Waals surface area contributed by atoms with Crippen molar-refractivity contribution in [2.24, 2.45) is 0 Å². The normalized spacial score (nSPS) is 25.5.